The van der Waals surface area contributed by atoms with Crippen molar-refractivity contribution in [3.63, 3.8) is 0 Å². The Balaban J connectivity index is 2.83. The van der Waals surface area contributed by atoms with Crippen molar-refractivity contribution in [1.82, 2.24) is 5.32 Å². The Morgan fingerprint density at radius 2 is 2.36 bits per heavy atom. The predicted octanol–water partition coefficient (Wildman–Crippen LogP) is 1.37. The Hall–Kier alpha value is -2.13. The van der Waals surface area contributed by atoms with E-state index in [0.717, 1.165) is 0 Å². The van der Waals surface area contributed by atoms with Gasteiger partial charge in [0.1, 0.15) is 5.75 Å². The van der Waals surface area contributed by atoms with Gasteiger partial charge in [0, 0.05) is 13.1 Å². The second-order valence-electron chi connectivity index (χ2n) is 2.34. The number of nitrogens with zero attached hydrogens (tertiary/aromatic N) is 1. The number of nitrogens with one attached hydrogen (secondary N) is 1. The number of amides is 1. The van der Waals surface area contributed by atoms with Crippen LogP contribution < -0.4 is 10.1 Å². The van der Waals surface area contributed by atoms with E-state index < -0.39 is 6.09 Å². The Kier molecular flexibility index (Phi) is 3.41. The molecule has 5 nitrogen and oxygen atoms in total. The molecule has 14 heavy (non-hydrogen) atoms. The Morgan fingerprint density at radius 1 is 1.57 bits per heavy atom. The lowest BCUT2D eigenvalue weighted by atomic mass is 10.3. The molecule has 1 amide bonds. The van der Waals surface area contributed by atoms with Crippen LogP contribution in [0.15, 0.2) is 29.3 Å². The second kappa shape index (κ2) is 4.79. The topological polar surface area (TPSA) is 67.8 Å². The zero-order valence-corrected chi connectivity index (χ0v) is 7.48. The molecule has 0 aliphatic rings. The van der Waals surface area contributed by atoms with Gasteiger partial charge in [0.25, 0.3) is 0 Å². The van der Waals surface area contributed by atoms with Crippen LogP contribution in [0.5, 0.6) is 5.75 Å². The van der Waals surface area contributed by atoms with Gasteiger partial charge in [0.05, 0.1) is 5.69 Å². The van der Waals surface area contributed by atoms with Gasteiger partial charge in [-0.1, -0.05) is 6.07 Å². The molecule has 0 aliphatic carbocycles. The number of rotatable bonds is 2. The molecule has 0 heterocycles. The van der Waals surface area contributed by atoms with E-state index in [0.29, 0.717) is 11.4 Å². The van der Waals surface area contributed by atoms with E-state index in [1.165, 1.54) is 19.2 Å². The number of benzene rings is 1. The van der Waals surface area contributed by atoms with Gasteiger partial charge in [-0.05, 0) is 12.1 Å². The Morgan fingerprint density at radius 3 is 3.00 bits per heavy atom. The third-order valence-corrected chi connectivity index (χ3v) is 1.41. The molecule has 0 aromatic heterocycles. The van der Waals surface area contributed by atoms with Crippen molar-refractivity contribution in [2.75, 3.05) is 7.05 Å². The average Bonchev–Trinajstić information content (AvgIpc) is 2.19. The summed E-state index contributed by atoms with van der Waals surface area (Å²) in [5.41, 5.74) is 0.390. The summed E-state index contributed by atoms with van der Waals surface area (Å²) in [6.07, 6.45) is 0.825. The number of carbonyl (C=O) groups excluding carboxylic acids is 2. The van der Waals surface area contributed by atoms with E-state index in [1.54, 1.807) is 18.2 Å². The summed E-state index contributed by atoms with van der Waals surface area (Å²) >= 11 is 0. The minimum atomic E-state index is -0.572. The van der Waals surface area contributed by atoms with Gasteiger partial charge in [-0.15, -0.1) is 0 Å². The van der Waals surface area contributed by atoms with Gasteiger partial charge < -0.3 is 10.1 Å². The van der Waals surface area contributed by atoms with E-state index in [4.69, 9.17) is 4.74 Å². The van der Waals surface area contributed by atoms with Crippen LogP contribution in [0.4, 0.5) is 10.5 Å². The second-order valence-corrected chi connectivity index (χ2v) is 2.34. The molecular weight excluding hydrogens is 184 g/mol. The zero-order chi connectivity index (χ0) is 10.4. The molecule has 0 unspecified atom stereocenters. The minimum Gasteiger partial charge on any atom is -0.410 e. The first-order valence-electron chi connectivity index (χ1n) is 3.84. The third-order valence-electron chi connectivity index (χ3n) is 1.41. The monoisotopic (exact) mass is 192 g/mol. The highest BCUT2D eigenvalue weighted by atomic mass is 16.5. The Bertz CT molecular complexity index is 383. The van der Waals surface area contributed by atoms with Crippen LogP contribution in [0, 0.1) is 0 Å². The molecule has 1 aromatic rings. The van der Waals surface area contributed by atoms with E-state index in [-0.39, 0.29) is 0 Å². The van der Waals surface area contributed by atoms with Crippen molar-refractivity contribution >= 4 is 17.9 Å². The summed E-state index contributed by atoms with van der Waals surface area (Å²) in [6.45, 7) is 0. The van der Waals surface area contributed by atoms with Crippen molar-refractivity contribution in [3.8, 4) is 5.75 Å². The molecular formula is C9H8N2O3. The predicted molar refractivity (Wildman–Crippen MR) is 49.3 cm³/mol. The minimum absolute atomic E-state index is 0.320. The molecule has 0 saturated heterocycles. The summed E-state index contributed by atoms with van der Waals surface area (Å²) < 4.78 is 4.81. The lowest BCUT2D eigenvalue weighted by Crippen LogP contribution is -2.21. The van der Waals surface area contributed by atoms with E-state index in [1.807, 2.05) is 0 Å². The van der Waals surface area contributed by atoms with E-state index in [2.05, 4.69) is 10.3 Å². The summed E-state index contributed by atoms with van der Waals surface area (Å²) in [4.78, 5) is 24.1. The molecule has 0 atom stereocenters. The first-order valence-corrected chi connectivity index (χ1v) is 3.84. The highest BCUT2D eigenvalue weighted by Gasteiger charge is 2.01. The molecule has 0 spiro atoms. The molecule has 72 valence electrons. The lowest BCUT2D eigenvalue weighted by molar-refractivity contribution is 0.203. The largest absolute Gasteiger partial charge is 0.412 e. The zero-order valence-electron chi connectivity index (χ0n) is 7.48. The van der Waals surface area contributed by atoms with Gasteiger partial charge in [-0.3, -0.25) is 0 Å². The molecule has 1 rings (SSSR count). The molecule has 5 heteroatoms. The quantitative estimate of drug-likeness (QED) is 0.568. The van der Waals surface area contributed by atoms with E-state index >= 15 is 0 Å². The number of isocyanates is 1. The highest BCUT2D eigenvalue weighted by molar-refractivity contribution is 5.70. The van der Waals surface area contributed by atoms with Crippen LogP contribution in [-0.4, -0.2) is 19.2 Å². The summed E-state index contributed by atoms with van der Waals surface area (Å²) in [6, 6.07) is 6.26. The maximum atomic E-state index is 10.8. The fourth-order valence-electron chi connectivity index (χ4n) is 0.827. The van der Waals surface area contributed by atoms with Crippen molar-refractivity contribution < 1.29 is 14.3 Å². The van der Waals surface area contributed by atoms with Crippen LogP contribution in [0.2, 0.25) is 0 Å². The maximum absolute atomic E-state index is 10.8. The fraction of sp³-hybridized carbons (Fsp3) is 0.111. The number of carbonyl (C=O) groups is 1. The van der Waals surface area contributed by atoms with Crippen molar-refractivity contribution in [1.29, 1.82) is 0 Å². The third kappa shape index (κ3) is 2.73. The number of aliphatic imine (C=N–C) groups is 1. The van der Waals surface area contributed by atoms with Crippen LogP contribution >= 0.6 is 0 Å². The first kappa shape index (κ1) is 9.95. The fourth-order valence-corrected chi connectivity index (χ4v) is 0.827. The van der Waals surface area contributed by atoms with E-state index in [9.17, 15) is 9.59 Å². The van der Waals surface area contributed by atoms with Crippen molar-refractivity contribution in [2.45, 2.75) is 0 Å². The molecule has 0 fully saturated rings. The average molecular weight is 192 g/mol. The number of hydrogen-bond acceptors (Lipinski definition) is 4. The van der Waals surface area contributed by atoms with Crippen LogP contribution in [0.25, 0.3) is 0 Å². The maximum Gasteiger partial charge on any atom is 0.412 e. The van der Waals surface area contributed by atoms with Crippen LogP contribution in [-0.2, 0) is 4.79 Å². The van der Waals surface area contributed by atoms with Crippen LogP contribution in [0.1, 0.15) is 0 Å². The summed E-state index contributed by atoms with van der Waals surface area (Å²) in [7, 11) is 1.45. The first-order chi connectivity index (χ1) is 6.76. The molecule has 0 saturated carbocycles. The molecule has 1 aromatic carbocycles. The van der Waals surface area contributed by atoms with Crippen molar-refractivity contribution in [2.24, 2.45) is 4.99 Å². The molecule has 0 bridgehead atoms. The van der Waals surface area contributed by atoms with Gasteiger partial charge in [-0.25, -0.2) is 9.59 Å². The highest BCUT2D eigenvalue weighted by Crippen LogP contribution is 2.19. The normalized spacial score (nSPS) is 8.64. The standard InChI is InChI=1S/C9H8N2O3/c1-10-9(13)14-8-4-2-3-7(5-8)11-6-12/h2-5H,1H3,(H,10,13). The smallest absolute Gasteiger partial charge is 0.410 e. The molecule has 0 radical (unpaired) electrons. The molecule has 1 N–H and O–H groups in total. The number of ether oxygens (including phenoxy) is 1. The van der Waals surface area contributed by atoms with Crippen LogP contribution in [0.3, 0.4) is 0 Å². The summed E-state index contributed by atoms with van der Waals surface area (Å²) in [5.74, 6) is 0.320. The lowest BCUT2D eigenvalue weighted by Gasteiger charge is -2.02. The Labute approximate surface area is 80.4 Å². The summed E-state index contributed by atoms with van der Waals surface area (Å²) in [5, 5.41) is 2.30. The van der Waals surface area contributed by atoms with Gasteiger partial charge >= 0.3 is 6.09 Å². The van der Waals surface area contributed by atoms with Gasteiger partial charge in [0.15, 0.2) is 0 Å². The van der Waals surface area contributed by atoms with Gasteiger partial charge in [0.2, 0.25) is 6.08 Å². The molecule has 0 aliphatic heterocycles. The SMILES string of the molecule is CNC(=O)Oc1cccc(N=C=O)c1. The van der Waals surface area contributed by atoms with Crippen molar-refractivity contribution in [3.05, 3.63) is 24.3 Å². The number of hydrogen-bond donors (Lipinski definition) is 1. The van der Waals surface area contributed by atoms with Gasteiger partial charge in [-0.2, -0.15) is 4.99 Å².